The topological polar surface area (TPSA) is 152 Å². The Labute approximate surface area is 235 Å². The molecular weight excluding hydrogens is 524 g/mol. The van der Waals surface area contributed by atoms with Crippen LogP contribution >= 0.6 is 0 Å². The van der Waals surface area contributed by atoms with Gasteiger partial charge >= 0.3 is 0 Å². The third kappa shape index (κ3) is 5.09. The van der Waals surface area contributed by atoms with Gasteiger partial charge in [-0.05, 0) is 63.1 Å². The van der Waals surface area contributed by atoms with E-state index in [1.807, 2.05) is 32.0 Å². The fourth-order valence-corrected chi connectivity index (χ4v) is 5.56. The van der Waals surface area contributed by atoms with Gasteiger partial charge in [-0.1, -0.05) is 17.7 Å². The number of imidazole rings is 1. The van der Waals surface area contributed by atoms with E-state index in [2.05, 4.69) is 25.6 Å². The first-order valence-electron chi connectivity index (χ1n) is 13.8. The van der Waals surface area contributed by atoms with E-state index in [4.69, 9.17) is 4.74 Å². The molecule has 1 fully saturated rings. The lowest BCUT2D eigenvalue weighted by atomic mass is 10.1. The Morgan fingerprint density at radius 2 is 1.93 bits per heavy atom. The first kappa shape index (κ1) is 26.7. The minimum Gasteiger partial charge on any atom is -0.491 e. The van der Waals surface area contributed by atoms with Crippen LogP contribution in [0.3, 0.4) is 0 Å². The van der Waals surface area contributed by atoms with Crippen LogP contribution in [0.1, 0.15) is 44.7 Å². The zero-order chi connectivity index (χ0) is 28.7. The number of pyridine rings is 1. The van der Waals surface area contributed by atoms with Gasteiger partial charge in [-0.25, -0.2) is 4.98 Å². The molecule has 0 radical (unpaired) electrons. The normalized spacial score (nSPS) is 17.6. The summed E-state index contributed by atoms with van der Waals surface area (Å²) in [6, 6.07) is 10.6. The number of hydrogen-bond donors (Lipinski definition) is 5. The maximum absolute atomic E-state index is 13.2. The molecule has 6 rings (SSSR count). The Morgan fingerprint density at radius 1 is 1.12 bits per heavy atom. The highest BCUT2D eigenvalue weighted by atomic mass is 16.5. The molecule has 2 aliphatic rings. The maximum Gasteiger partial charge on any atom is 0.261 e. The van der Waals surface area contributed by atoms with Gasteiger partial charge in [-0.15, -0.1) is 0 Å². The average Bonchev–Trinajstić information content (AvgIpc) is 3.48. The molecule has 0 aliphatic carbocycles. The highest BCUT2D eigenvalue weighted by molar-refractivity contribution is 6.23. The summed E-state index contributed by atoms with van der Waals surface area (Å²) in [6.07, 6.45) is 2.34. The zero-order valence-corrected chi connectivity index (χ0v) is 22.9. The van der Waals surface area contributed by atoms with Crippen LogP contribution in [0.5, 0.6) is 5.75 Å². The van der Waals surface area contributed by atoms with Gasteiger partial charge in [0.15, 0.2) is 0 Å². The van der Waals surface area contributed by atoms with Crippen LogP contribution in [0.25, 0.3) is 22.4 Å². The number of ether oxygens (including phenoxy) is 1. The Balaban J connectivity index is 1.21. The van der Waals surface area contributed by atoms with Crippen LogP contribution in [0, 0.1) is 13.8 Å². The molecule has 2 aliphatic heterocycles. The van der Waals surface area contributed by atoms with Crippen molar-refractivity contribution in [2.75, 3.05) is 31.6 Å². The lowest BCUT2D eigenvalue weighted by molar-refractivity contribution is 0.0561. The van der Waals surface area contributed by atoms with E-state index in [1.54, 1.807) is 18.2 Å². The number of anilines is 1. The fourth-order valence-electron chi connectivity index (χ4n) is 5.56. The molecule has 212 valence electrons. The molecule has 0 spiro atoms. The number of aromatic nitrogens is 3. The molecule has 0 unspecified atom stereocenters. The Bertz CT molecular complexity index is 1650. The molecule has 41 heavy (non-hydrogen) atoms. The summed E-state index contributed by atoms with van der Waals surface area (Å²) >= 11 is 0. The number of aliphatic hydroxyl groups excluding tert-OH is 1. The predicted molar refractivity (Wildman–Crippen MR) is 154 cm³/mol. The standard InChI is InChI=1S/C30H32N6O5/c1-16-5-6-25(17(2)10-16)41-15-19(37)14-33-22-7-9-32-28(38)26(22)27-34-23-11-20-21(12-24(23)35-27)30(40)36(29(20)39)18-4-3-8-31-13-18/h5-7,9-12,18-19,31,37H,3-4,8,13-15H2,1-2H3,(H,34,35)(H2,32,33,38)/t18-,19-/m1/s1. The largest absolute Gasteiger partial charge is 0.491 e. The number of nitrogens with zero attached hydrogens (tertiary/aromatic N) is 2. The van der Waals surface area contributed by atoms with Crippen molar-refractivity contribution >= 4 is 28.5 Å². The summed E-state index contributed by atoms with van der Waals surface area (Å²) in [6.45, 7) is 5.63. The molecule has 2 aromatic carbocycles. The molecule has 2 amide bonds. The number of rotatable bonds is 8. The van der Waals surface area contributed by atoms with Crippen LogP contribution in [0.2, 0.25) is 0 Å². The minimum atomic E-state index is -0.846. The molecule has 1 saturated heterocycles. The third-order valence-corrected chi connectivity index (χ3v) is 7.64. The highest BCUT2D eigenvalue weighted by Crippen LogP contribution is 2.32. The molecular formula is C30H32N6O5. The van der Waals surface area contributed by atoms with Gasteiger partial charge in [0.25, 0.3) is 17.4 Å². The Kier molecular flexibility index (Phi) is 7.06. The Hall–Kier alpha value is -4.48. The van der Waals surface area contributed by atoms with E-state index >= 15 is 0 Å². The lowest BCUT2D eigenvalue weighted by Gasteiger charge is -2.29. The third-order valence-electron chi connectivity index (χ3n) is 7.64. The van der Waals surface area contributed by atoms with Crippen molar-refractivity contribution in [3.8, 4) is 17.1 Å². The number of carbonyl (C=O) groups is 2. The van der Waals surface area contributed by atoms with Crippen LogP contribution < -0.4 is 20.9 Å². The molecule has 2 atom stereocenters. The summed E-state index contributed by atoms with van der Waals surface area (Å²) in [7, 11) is 0. The number of aliphatic hydroxyl groups is 1. The summed E-state index contributed by atoms with van der Waals surface area (Å²) < 4.78 is 5.78. The maximum atomic E-state index is 13.2. The van der Waals surface area contributed by atoms with Crippen LogP contribution in [0.15, 0.2) is 47.4 Å². The van der Waals surface area contributed by atoms with E-state index in [0.717, 1.165) is 30.5 Å². The van der Waals surface area contributed by atoms with Gasteiger partial charge in [0.05, 0.1) is 33.9 Å². The smallest absolute Gasteiger partial charge is 0.261 e. The first-order chi connectivity index (χ1) is 19.8. The van der Waals surface area contributed by atoms with Crippen molar-refractivity contribution in [1.82, 2.24) is 25.2 Å². The van der Waals surface area contributed by atoms with Crippen LogP contribution in [0.4, 0.5) is 5.69 Å². The number of hydrogen-bond acceptors (Lipinski definition) is 8. The number of nitrogens with one attached hydrogen (secondary N) is 4. The van der Waals surface area contributed by atoms with E-state index in [0.29, 0.717) is 40.1 Å². The number of imide groups is 1. The van der Waals surface area contributed by atoms with Crippen molar-refractivity contribution in [1.29, 1.82) is 0 Å². The first-order valence-corrected chi connectivity index (χ1v) is 13.8. The van der Waals surface area contributed by atoms with Gasteiger partial charge in [0.1, 0.15) is 29.8 Å². The number of carbonyl (C=O) groups excluding carboxylic acids is 2. The number of H-pyrrole nitrogens is 2. The van der Waals surface area contributed by atoms with Gasteiger partial charge in [0, 0.05) is 19.3 Å². The minimum absolute atomic E-state index is 0.0710. The summed E-state index contributed by atoms with van der Waals surface area (Å²) in [5, 5.41) is 16.9. The van der Waals surface area contributed by atoms with Gasteiger partial charge in [0.2, 0.25) is 0 Å². The number of benzene rings is 2. The molecule has 0 saturated carbocycles. The SMILES string of the molecule is Cc1ccc(OC[C@H](O)CNc2cc[nH]c(=O)c2-c2nc3cc4c(cc3[nH]2)C(=O)N([C@@H]2CCCNC2)C4=O)c(C)c1. The summed E-state index contributed by atoms with van der Waals surface area (Å²) in [5.41, 5.74) is 4.11. The van der Waals surface area contributed by atoms with Crippen LogP contribution in [-0.4, -0.2) is 75.2 Å². The molecule has 4 heterocycles. The number of aromatic amines is 2. The lowest BCUT2D eigenvalue weighted by Crippen LogP contribution is -2.48. The molecule has 5 N–H and O–H groups in total. The molecule has 0 bridgehead atoms. The molecule has 11 heteroatoms. The predicted octanol–water partition coefficient (Wildman–Crippen LogP) is 2.73. The number of piperidine rings is 1. The Morgan fingerprint density at radius 3 is 2.68 bits per heavy atom. The van der Waals surface area contributed by atoms with E-state index in [1.165, 1.54) is 11.1 Å². The van der Waals surface area contributed by atoms with E-state index in [9.17, 15) is 19.5 Å². The molecule has 4 aromatic rings. The van der Waals surface area contributed by atoms with Gasteiger partial charge in [-0.3, -0.25) is 19.3 Å². The second-order valence-electron chi connectivity index (χ2n) is 10.7. The number of amides is 2. The van der Waals surface area contributed by atoms with Crippen molar-refractivity contribution in [3.63, 3.8) is 0 Å². The fraction of sp³-hybridized carbons (Fsp3) is 0.333. The molecule has 11 nitrogen and oxygen atoms in total. The summed E-state index contributed by atoms with van der Waals surface area (Å²) in [4.78, 5) is 51.1. The highest BCUT2D eigenvalue weighted by Gasteiger charge is 2.40. The zero-order valence-electron chi connectivity index (χ0n) is 22.9. The van der Waals surface area contributed by atoms with Gasteiger partial charge < -0.3 is 30.4 Å². The van der Waals surface area contributed by atoms with E-state index < -0.39 is 6.10 Å². The van der Waals surface area contributed by atoms with Crippen molar-refractivity contribution in [3.05, 3.63) is 75.2 Å². The van der Waals surface area contributed by atoms with Crippen molar-refractivity contribution < 1.29 is 19.4 Å². The number of aryl methyl sites for hydroxylation is 2. The van der Waals surface area contributed by atoms with E-state index in [-0.39, 0.29) is 48.0 Å². The second kappa shape index (κ2) is 10.8. The number of fused-ring (bicyclic) bond motifs is 2. The van der Waals surface area contributed by atoms with Crippen LogP contribution in [-0.2, 0) is 0 Å². The monoisotopic (exact) mass is 556 g/mol. The summed E-state index contributed by atoms with van der Waals surface area (Å²) in [5.74, 6) is 0.356. The molecule has 2 aromatic heterocycles. The van der Waals surface area contributed by atoms with Gasteiger partial charge in [-0.2, -0.15) is 0 Å². The van der Waals surface area contributed by atoms with Crippen molar-refractivity contribution in [2.24, 2.45) is 0 Å². The average molecular weight is 557 g/mol. The quantitative estimate of drug-likeness (QED) is 0.208. The van der Waals surface area contributed by atoms with Crippen molar-refractivity contribution in [2.45, 2.75) is 38.8 Å². The second-order valence-corrected chi connectivity index (χ2v) is 10.7.